The lowest BCUT2D eigenvalue weighted by atomic mass is 10.2. The van der Waals surface area contributed by atoms with E-state index < -0.39 is 0 Å². The molecule has 0 heterocycles. The predicted molar refractivity (Wildman–Crippen MR) is 62.8 cm³/mol. The van der Waals surface area contributed by atoms with Gasteiger partial charge in [0.1, 0.15) is 11.6 Å². The summed E-state index contributed by atoms with van der Waals surface area (Å²) >= 11 is 6.00. The molecule has 0 radical (unpaired) electrons. The number of hydrogen-bond acceptors (Lipinski definition) is 2. The average Bonchev–Trinajstić information content (AvgIpc) is 2.20. The Balaban J connectivity index is 2.88. The summed E-state index contributed by atoms with van der Waals surface area (Å²) in [6, 6.07) is 5.11. The maximum Gasteiger partial charge on any atom is 0.138 e. The Labute approximate surface area is 94.7 Å². The van der Waals surface area contributed by atoms with E-state index >= 15 is 0 Å². The fourth-order valence-electron chi connectivity index (χ4n) is 1.06. The minimum atomic E-state index is 0.00647. The van der Waals surface area contributed by atoms with Gasteiger partial charge in [-0.05, 0) is 31.5 Å². The van der Waals surface area contributed by atoms with E-state index in [0.717, 1.165) is 6.42 Å². The lowest BCUT2D eigenvalue weighted by Crippen LogP contribution is -2.12. The van der Waals surface area contributed by atoms with Crippen LogP contribution >= 0.6 is 11.6 Å². The van der Waals surface area contributed by atoms with Crippen LogP contribution in [0.15, 0.2) is 18.2 Å². The molecule has 0 saturated carbocycles. The van der Waals surface area contributed by atoms with Gasteiger partial charge in [-0.1, -0.05) is 18.5 Å². The Morgan fingerprint density at radius 2 is 2.27 bits per heavy atom. The van der Waals surface area contributed by atoms with Crippen molar-refractivity contribution in [1.29, 1.82) is 5.41 Å². The van der Waals surface area contributed by atoms with Crippen LogP contribution in [0.5, 0.6) is 5.75 Å². The molecule has 1 unspecified atom stereocenters. The highest BCUT2D eigenvalue weighted by atomic mass is 35.5. The van der Waals surface area contributed by atoms with Crippen LogP contribution < -0.4 is 10.5 Å². The van der Waals surface area contributed by atoms with Crippen molar-refractivity contribution in [3.63, 3.8) is 0 Å². The lowest BCUT2D eigenvalue weighted by Gasteiger charge is -2.14. The van der Waals surface area contributed by atoms with E-state index in [0.29, 0.717) is 16.3 Å². The van der Waals surface area contributed by atoms with Crippen LogP contribution in [0.25, 0.3) is 0 Å². The quantitative estimate of drug-likeness (QED) is 0.613. The minimum Gasteiger partial charge on any atom is -0.489 e. The van der Waals surface area contributed by atoms with Crippen molar-refractivity contribution >= 4 is 17.4 Å². The number of nitrogens with one attached hydrogen (secondary N) is 1. The number of nitrogens with two attached hydrogens (primary N) is 1. The molecule has 15 heavy (non-hydrogen) atoms. The number of hydrogen-bond donors (Lipinski definition) is 2. The highest BCUT2D eigenvalue weighted by molar-refractivity contribution is 6.32. The van der Waals surface area contributed by atoms with E-state index in [1.165, 1.54) is 0 Å². The first-order valence-corrected chi connectivity index (χ1v) is 5.23. The highest BCUT2D eigenvalue weighted by Gasteiger charge is 2.07. The number of ether oxygens (including phenoxy) is 1. The fourth-order valence-corrected chi connectivity index (χ4v) is 1.29. The van der Waals surface area contributed by atoms with E-state index in [1.807, 2.05) is 13.8 Å². The summed E-state index contributed by atoms with van der Waals surface area (Å²) < 4.78 is 5.59. The molecule has 1 rings (SSSR count). The summed E-state index contributed by atoms with van der Waals surface area (Å²) in [5, 5.41) is 7.75. The summed E-state index contributed by atoms with van der Waals surface area (Å²) in [6.45, 7) is 4.03. The summed E-state index contributed by atoms with van der Waals surface area (Å²) in [7, 11) is 0. The second-order valence-corrected chi connectivity index (χ2v) is 3.80. The van der Waals surface area contributed by atoms with Gasteiger partial charge in [0.15, 0.2) is 0 Å². The van der Waals surface area contributed by atoms with Crippen LogP contribution in [-0.2, 0) is 0 Å². The van der Waals surface area contributed by atoms with Gasteiger partial charge in [0.2, 0.25) is 0 Å². The largest absolute Gasteiger partial charge is 0.489 e. The van der Waals surface area contributed by atoms with Crippen LogP contribution in [0.4, 0.5) is 0 Å². The zero-order valence-corrected chi connectivity index (χ0v) is 9.64. The van der Waals surface area contributed by atoms with Gasteiger partial charge in [0, 0.05) is 5.56 Å². The van der Waals surface area contributed by atoms with Gasteiger partial charge < -0.3 is 10.5 Å². The molecule has 0 bridgehead atoms. The van der Waals surface area contributed by atoms with Gasteiger partial charge in [-0.2, -0.15) is 0 Å². The molecule has 4 heteroatoms. The number of amidine groups is 1. The van der Waals surface area contributed by atoms with Crippen molar-refractivity contribution in [1.82, 2.24) is 0 Å². The van der Waals surface area contributed by atoms with Crippen molar-refractivity contribution in [2.24, 2.45) is 5.73 Å². The Bertz CT molecular complexity index is 366. The van der Waals surface area contributed by atoms with Gasteiger partial charge in [-0.15, -0.1) is 0 Å². The Hall–Kier alpha value is -1.22. The van der Waals surface area contributed by atoms with Crippen molar-refractivity contribution < 1.29 is 4.74 Å². The summed E-state index contributed by atoms with van der Waals surface area (Å²) in [6.07, 6.45) is 1.05. The molecule has 82 valence electrons. The van der Waals surface area contributed by atoms with Gasteiger partial charge in [0.05, 0.1) is 11.1 Å². The third-order valence-electron chi connectivity index (χ3n) is 2.15. The maximum atomic E-state index is 7.26. The topological polar surface area (TPSA) is 59.1 Å². The molecular weight excluding hydrogens is 212 g/mol. The fraction of sp³-hybridized carbons (Fsp3) is 0.364. The second-order valence-electron chi connectivity index (χ2n) is 3.40. The third-order valence-corrected chi connectivity index (χ3v) is 2.44. The van der Waals surface area contributed by atoms with Crippen molar-refractivity contribution in [3.05, 3.63) is 28.8 Å². The van der Waals surface area contributed by atoms with E-state index in [-0.39, 0.29) is 11.9 Å². The smallest absolute Gasteiger partial charge is 0.138 e. The van der Waals surface area contributed by atoms with E-state index in [9.17, 15) is 0 Å². The first kappa shape index (κ1) is 11.9. The second kappa shape index (κ2) is 5.03. The lowest BCUT2D eigenvalue weighted by molar-refractivity contribution is 0.217. The Morgan fingerprint density at radius 1 is 1.60 bits per heavy atom. The molecule has 1 aromatic carbocycles. The molecule has 0 amide bonds. The average molecular weight is 227 g/mol. The molecule has 0 aliphatic heterocycles. The van der Waals surface area contributed by atoms with Crippen LogP contribution in [-0.4, -0.2) is 11.9 Å². The number of halogens is 1. The summed E-state index contributed by atoms with van der Waals surface area (Å²) in [4.78, 5) is 0. The molecule has 1 aromatic rings. The zero-order chi connectivity index (χ0) is 11.4. The van der Waals surface area contributed by atoms with Crippen molar-refractivity contribution in [2.75, 3.05) is 0 Å². The first-order valence-electron chi connectivity index (χ1n) is 4.85. The van der Waals surface area contributed by atoms with Crippen LogP contribution in [0, 0.1) is 5.41 Å². The predicted octanol–water partition coefficient (Wildman–Crippen LogP) is 2.80. The SMILES string of the molecule is CCC(C)Oc1ccc(C(=N)N)cc1Cl. The Kier molecular flexibility index (Phi) is 3.97. The molecular formula is C11H15ClN2O. The van der Waals surface area contributed by atoms with Gasteiger partial charge in [-0.3, -0.25) is 5.41 Å². The number of nitrogen functional groups attached to an aromatic ring is 1. The van der Waals surface area contributed by atoms with Crippen molar-refractivity contribution in [3.8, 4) is 5.75 Å². The minimum absolute atomic E-state index is 0.00647. The maximum absolute atomic E-state index is 7.26. The van der Waals surface area contributed by atoms with E-state index in [2.05, 4.69) is 0 Å². The van der Waals surface area contributed by atoms with E-state index in [1.54, 1.807) is 18.2 Å². The summed E-state index contributed by atoms with van der Waals surface area (Å²) in [5.41, 5.74) is 5.95. The van der Waals surface area contributed by atoms with E-state index in [4.69, 9.17) is 27.5 Å². The van der Waals surface area contributed by atoms with Gasteiger partial charge >= 0.3 is 0 Å². The molecule has 3 nitrogen and oxygen atoms in total. The van der Waals surface area contributed by atoms with Gasteiger partial charge in [0.25, 0.3) is 0 Å². The number of benzene rings is 1. The summed E-state index contributed by atoms with van der Waals surface area (Å²) in [5.74, 6) is 0.642. The van der Waals surface area contributed by atoms with Gasteiger partial charge in [-0.25, -0.2) is 0 Å². The molecule has 1 atom stereocenters. The molecule has 0 fully saturated rings. The van der Waals surface area contributed by atoms with Crippen molar-refractivity contribution in [2.45, 2.75) is 26.4 Å². The third kappa shape index (κ3) is 3.13. The molecule has 0 aromatic heterocycles. The van der Waals surface area contributed by atoms with Crippen LogP contribution in [0.3, 0.4) is 0 Å². The monoisotopic (exact) mass is 226 g/mol. The zero-order valence-electron chi connectivity index (χ0n) is 8.88. The molecule has 0 spiro atoms. The first-order chi connectivity index (χ1) is 7.04. The molecule has 0 saturated heterocycles. The molecule has 0 aliphatic rings. The highest BCUT2D eigenvalue weighted by Crippen LogP contribution is 2.26. The number of rotatable bonds is 4. The Morgan fingerprint density at radius 3 is 2.73 bits per heavy atom. The normalized spacial score (nSPS) is 12.2. The molecule has 3 N–H and O–H groups in total. The standard InChI is InChI=1S/C11H15ClN2O/c1-3-7(2)15-10-5-4-8(11(13)14)6-9(10)12/h4-7H,3H2,1-2H3,(H3,13,14). The molecule has 0 aliphatic carbocycles. The van der Waals surface area contributed by atoms with Crippen LogP contribution in [0.1, 0.15) is 25.8 Å². The van der Waals surface area contributed by atoms with Crippen LogP contribution in [0.2, 0.25) is 5.02 Å².